The maximum atomic E-state index is 12.8. The zero-order valence-electron chi connectivity index (χ0n) is 5.76. The second kappa shape index (κ2) is 3.70. The van der Waals surface area contributed by atoms with E-state index in [9.17, 15) is 4.39 Å². The fourth-order valence-electron chi connectivity index (χ4n) is 0.724. The van der Waals surface area contributed by atoms with Gasteiger partial charge in [0.15, 0.2) is 6.29 Å². The summed E-state index contributed by atoms with van der Waals surface area (Å²) in [6.07, 6.45) is -1.69. The summed E-state index contributed by atoms with van der Waals surface area (Å²) < 4.78 is 13.1. The molecule has 1 aromatic carbocycles. The summed E-state index contributed by atoms with van der Waals surface area (Å²) in [5.41, 5.74) is 0.0591. The molecule has 1 aromatic rings. The molecule has 2 nitrogen and oxygen atoms in total. The van der Waals surface area contributed by atoms with Crippen molar-refractivity contribution in [1.82, 2.24) is 0 Å². The van der Waals surface area contributed by atoms with E-state index in [4.69, 9.17) is 21.8 Å². The first-order valence-electron chi connectivity index (χ1n) is 3.03. The summed E-state index contributed by atoms with van der Waals surface area (Å²) in [6, 6.07) is 2.31. The quantitative estimate of drug-likeness (QED) is 0.597. The van der Waals surface area contributed by atoms with Crippen molar-refractivity contribution in [3.8, 4) is 0 Å². The highest BCUT2D eigenvalue weighted by Crippen LogP contribution is 2.28. The van der Waals surface area contributed by atoms with Crippen LogP contribution in [0.1, 0.15) is 11.9 Å². The van der Waals surface area contributed by atoms with Crippen LogP contribution in [-0.2, 0) is 0 Å². The summed E-state index contributed by atoms with van der Waals surface area (Å²) in [5, 5.41) is 17.3. The SMILES string of the molecule is OC(O)c1cc(F)c(Cl)c(Br)c1. The highest BCUT2D eigenvalue weighted by molar-refractivity contribution is 9.10. The van der Waals surface area contributed by atoms with Gasteiger partial charge in [0.05, 0.1) is 5.02 Å². The van der Waals surface area contributed by atoms with Crippen molar-refractivity contribution in [2.75, 3.05) is 0 Å². The number of aliphatic hydroxyl groups is 2. The molecule has 0 spiro atoms. The minimum Gasteiger partial charge on any atom is -0.364 e. The Morgan fingerprint density at radius 1 is 1.42 bits per heavy atom. The van der Waals surface area contributed by atoms with Gasteiger partial charge in [0.25, 0.3) is 0 Å². The van der Waals surface area contributed by atoms with Crippen LogP contribution in [0.5, 0.6) is 0 Å². The van der Waals surface area contributed by atoms with Gasteiger partial charge >= 0.3 is 0 Å². The number of benzene rings is 1. The van der Waals surface area contributed by atoms with E-state index < -0.39 is 12.1 Å². The van der Waals surface area contributed by atoms with Crippen LogP contribution in [-0.4, -0.2) is 10.2 Å². The van der Waals surface area contributed by atoms with E-state index in [2.05, 4.69) is 15.9 Å². The average molecular weight is 255 g/mol. The summed E-state index contributed by atoms with van der Waals surface area (Å²) in [5.74, 6) is -0.686. The molecule has 0 aliphatic carbocycles. The topological polar surface area (TPSA) is 40.5 Å². The van der Waals surface area contributed by atoms with Crippen molar-refractivity contribution >= 4 is 27.5 Å². The molecule has 1 rings (SSSR count). The highest BCUT2D eigenvalue weighted by atomic mass is 79.9. The zero-order valence-corrected chi connectivity index (χ0v) is 8.10. The zero-order chi connectivity index (χ0) is 9.30. The molecule has 0 amide bonds. The van der Waals surface area contributed by atoms with Gasteiger partial charge in [0.1, 0.15) is 5.82 Å². The van der Waals surface area contributed by atoms with Crippen LogP contribution in [0.15, 0.2) is 16.6 Å². The van der Waals surface area contributed by atoms with E-state index in [1.165, 1.54) is 6.07 Å². The molecule has 0 aliphatic heterocycles. The van der Waals surface area contributed by atoms with Crippen molar-refractivity contribution in [3.05, 3.63) is 33.0 Å². The Labute approximate surface area is 81.7 Å². The molecule has 0 aromatic heterocycles. The summed E-state index contributed by atoms with van der Waals surface area (Å²) in [7, 11) is 0. The van der Waals surface area contributed by atoms with Crippen molar-refractivity contribution < 1.29 is 14.6 Å². The molecule has 2 N–H and O–H groups in total. The lowest BCUT2D eigenvalue weighted by atomic mass is 10.2. The molecule has 0 atom stereocenters. The third kappa shape index (κ3) is 1.95. The largest absolute Gasteiger partial charge is 0.364 e. The van der Waals surface area contributed by atoms with Gasteiger partial charge in [-0.3, -0.25) is 0 Å². The Balaban J connectivity index is 3.21. The van der Waals surface area contributed by atoms with Crippen molar-refractivity contribution in [2.45, 2.75) is 6.29 Å². The molecule has 0 unspecified atom stereocenters. The number of hydrogen-bond acceptors (Lipinski definition) is 2. The second-order valence-electron chi connectivity index (χ2n) is 2.17. The Morgan fingerprint density at radius 3 is 2.42 bits per heavy atom. The highest BCUT2D eigenvalue weighted by Gasteiger charge is 2.10. The molecule has 66 valence electrons. The molecule has 0 fully saturated rings. The van der Waals surface area contributed by atoms with Crippen molar-refractivity contribution in [1.29, 1.82) is 0 Å². The maximum Gasteiger partial charge on any atom is 0.178 e. The van der Waals surface area contributed by atoms with E-state index in [1.54, 1.807) is 0 Å². The smallest absolute Gasteiger partial charge is 0.178 e. The molecule has 0 radical (unpaired) electrons. The van der Waals surface area contributed by atoms with Crippen molar-refractivity contribution in [3.63, 3.8) is 0 Å². The lowest BCUT2D eigenvalue weighted by Gasteiger charge is -2.05. The molecule has 0 saturated heterocycles. The first-order chi connectivity index (χ1) is 5.52. The van der Waals surface area contributed by atoms with Gasteiger partial charge < -0.3 is 10.2 Å². The van der Waals surface area contributed by atoms with Gasteiger partial charge in [-0.15, -0.1) is 0 Å². The van der Waals surface area contributed by atoms with Gasteiger partial charge in [-0.25, -0.2) is 4.39 Å². The van der Waals surface area contributed by atoms with E-state index in [1.807, 2.05) is 0 Å². The summed E-state index contributed by atoms with van der Waals surface area (Å²) in [4.78, 5) is 0. The minimum atomic E-state index is -1.69. The van der Waals surface area contributed by atoms with E-state index in [0.717, 1.165) is 6.07 Å². The minimum absolute atomic E-state index is 0.0591. The molecule has 5 heteroatoms. The van der Waals surface area contributed by atoms with E-state index >= 15 is 0 Å². The maximum absolute atomic E-state index is 12.8. The van der Waals surface area contributed by atoms with Crippen LogP contribution in [0, 0.1) is 5.82 Å². The van der Waals surface area contributed by atoms with Gasteiger partial charge in [0.2, 0.25) is 0 Å². The molecular weight excluding hydrogens is 250 g/mol. The normalized spacial score (nSPS) is 10.8. The summed E-state index contributed by atoms with van der Waals surface area (Å²) >= 11 is 8.44. The first kappa shape index (κ1) is 9.92. The fraction of sp³-hybridized carbons (Fsp3) is 0.143. The van der Waals surface area contributed by atoms with Crippen LogP contribution in [0.3, 0.4) is 0 Å². The van der Waals surface area contributed by atoms with Crippen LogP contribution < -0.4 is 0 Å². The average Bonchev–Trinajstić information content (AvgIpc) is 1.99. The molecule has 0 bridgehead atoms. The van der Waals surface area contributed by atoms with Crippen molar-refractivity contribution in [2.24, 2.45) is 0 Å². The molecular formula is C7H5BrClFO2. The standard InChI is InChI=1S/C7H5BrClFO2/c8-4-1-3(7(11)12)2-5(10)6(4)9/h1-2,7,11-12H. The molecule has 0 saturated carbocycles. The van der Waals surface area contributed by atoms with Crippen LogP contribution in [0.2, 0.25) is 5.02 Å². The number of halogens is 3. The van der Waals surface area contributed by atoms with Gasteiger partial charge in [0, 0.05) is 10.0 Å². The Hall–Kier alpha value is -0.160. The molecule has 0 heterocycles. The van der Waals surface area contributed by atoms with Crippen LogP contribution in [0.25, 0.3) is 0 Å². The predicted octanol–water partition coefficient (Wildman–Crippen LogP) is 2.22. The number of hydrogen-bond donors (Lipinski definition) is 2. The number of rotatable bonds is 1. The van der Waals surface area contributed by atoms with Gasteiger partial charge in [-0.2, -0.15) is 0 Å². The van der Waals surface area contributed by atoms with Crippen LogP contribution >= 0.6 is 27.5 Å². The third-order valence-corrected chi connectivity index (χ3v) is 2.54. The van der Waals surface area contributed by atoms with E-state index in [0.29, 0.717) is 4.47 Å². The molecule has 0 aliphatic rings. The Morgan fingerprint density at radius 2 is 2.00 bits per heavy atom. The Kier molecular flexibility index (Phi) is 3.06. The van der Waals surface area contributed by atoms with Gasteiger partial charge in [-0.1, -0.05) is 11.6 Å². The Bertz CT molecular complexity index is 280. The second-order valence-corrected chi connectivity index (χ2v) is 3.40. The van der Waals surface area contributed by atoms with Gasteiger partial charge in [-0.05, 0) is 28.1 Å². The number of aliphatic hydroxyl groups excluding tert-OH is 1. The van der Waals surface area contributed by atoms with E-state index in [-0.39, 0.29) is 10.6 Å². The third-order valence-electron chi connectivity index (χ3n) is 1.30. The molecule has 12 heavy (non-hydrogen) atoms. The predicted molar refractivity (Wildman–Crippen MR) is 46.3 cm³/mol. The lowest BCUT2D eigenvalue weighted by molar-refractivity contribution is -0.0427. The fourth-order valence-corrected chi connectivity index (χ4v) is 1.29. The summed E-state index contributed by atoms with van der Waals surface area (Å²) in [6.45, 7) is 0. The lowest BCUT2D eigenvalue weighted by Crippen LogP contribution is -1.96. The monoisotopic (exact) mass is 254 g/mol. The first-order valence-corrected chi connectivity index (χ1v) is 4.20. The van der Waals surface area contributed by atoms with Crippen LogP contribution in [0.4, 0.5) is 4.39 Å².